The first-order chi connectivity index (χ1) is 12.3. The van der Waals surface area contributed by atoms with E-state index >= 15 is 0 Å². The Bertz CT molecular complexity index is 775. The summed E-state index contributed by atoms with van der Waals surface area (Å²) >= 11 is 0. The minimum Gasteiger partial charge on any atom is -0.493 e. The Hall–Kier alpha value is -2.82. The molecule has 26 heavy (non-hydrogen) atoms. The molecule has 0 heterocycles. The number of amides is 1. The van der Waals surface area contributed by atoms with E-state index in [1.54, 1.807) is 32.6 Å². The number of carbonyl (C=O) groups is 1. The van der Waals surface area contributed by atoms with Gasteiger partial charge in [-0.25, -0.2) is 5.43 Å². The first-order valence-corrected chi connectivity index (χ1v) is 8.47. The molecular formula is C21H26N2O3. The van der Waals surface area contributed by atoms with Crippen molar-refractivity contribution in [3.8, 4) is 11.5 Å². The second kappa shape index (κ2) is 8.52. The van der Waals surface area contributed by atoms with Gasteiger partial charge < -0.3 is 9.47 Å². The SMILES string of the molecule is COc1ccc(/C=N\NC(=O)Cc2ccc(C(C)(C)C)cc2)cc1OC. The third-order valence-corrected chi connectivity index (χ3v) is 4.00. The van der Waals surface area contributed by atoms with Crippen molar-refractivity contribution in [1.29, 1.82) is 0 Å². The van der Waals surface area contributed by atoms with E-state index in [1.165, 1.54) is 5.56 Å². The van der Waals surface area contributed by atoms with Gasteiger partial charge in [-0.15, -0.1) is 0 Å². The van der Waals surface area contributed by atoms with Crippen molar-refractivity contribution >= 4 is 12.1 Å². The van der Waals surface area contributed by atoms with Crippen LogP contribution in [-0.2, 0) is 16.6 Å². The Balaban J connectivity index is 1.93. The normalized spacial score (nSPS) is 11.4. The van der Waals surface area contributed by atoms with Gasteiger partial charge in [0.25, 0.3) is 0 Å². The van der Waals surface area contributed by atoms with Crippen molar-refractivity contribution in [1.82, 2.24) is 5.43 Å². The van der Waals surface area contributed by atoms with Gasteiger partial charge >= 0.3 is 0 Å². The molecule has 0 aliphatic carbocycles. The Kier molecular flexibility index (Phi) is 6.39. The predicted molar refractivity (Wildman–Crippen MR) is 104 cm³/mol. The quantitative estimate of drug-likeness (QED) is 0.636. The highest BCUT2D eigenvalue weighted by molar-refractivity contribution is 5.84. The Morgan fingerprint density at radius 3 is 2.27 bits per heavy atom. The minimum atomic E-state index is -0.162. The number of rotatable bonds is 6. The summed E-state index contributed by atoms with van der Waals surface area (Å²) in [5.41, 5.74) is 5.65. The lowest BCUT2D eigenvalue weighted by Gasteiger charge is -2.19. The molecule has 0 spiro atoms. The molecule has 0 saturated heterocycles. The van der Waals surface area contributed by atoms with Crippen molar-refractivity contribution in [3.63, 3.8) is 0 Å². The fourth-order valence-corrected chi connectivity index (χ4v) is 2.46. The van der Waals surface area contributed by atoms with Crippen LogP contribution in [0.1, 0.15) is 37.5 Å². The van der Waals surface area contributed by atoms with Crippen LogP contribution in [0.25, 0.3) is 0 Å². The van der Waals surface area contributed by atoms with Crippen molar-refractivity contribution in [3.05, 3.63) is 59.2 Å². The Labute approximate surface area is 155 Å². The molecule has 0 bridgehead atoms. The molecule has 0 aromatic heterocycles. The highest BCUT2D eigenvalue weighted by Crippen LogP contribution is 2.26. The van der Waals surface area contributed by atoms with Crippen LogP contribution in [0.15, 0.2) is 47.6 Å². The zero-order chi connectivity index (χ0) is 19.2. The average molecular weight is 354 g/mol. The molecule has 0 aliphatic rings. The third kappa shape index (κ3) is 5.34. The highest BCUT2D eigenvalue weighted by Gasteiger charge is 2.13. The molecule has 0 atom stereocenters. The summed E-state index contributed by atoms with van der Waals surface area (Å²) < 4.78 is 10.4. The molecule has 0 unspecified atom stereocenters. The van der Waals surface area contributed by atoms with E-state index in [2.05, 4.69) is 43.4 Å². The van der Waals surface area contributed by atoms with E-state index in [9.17, 15) is 4.79 Å². The molecule has 5 nitrogen and oxygen atoms in total. The number of hydrogen-bond donors (Lipinski definition) is 1. The highest BCUT2D eigenvalue weighted by atomic mass is 16.5. The summed E-state index contributed by atoms with van der Waals surface area (Å²) in [6.07, 6.45) is 1.86. The van der Waals surface area contributed by atoms with Crippen LogP contribution in [0.2, 0.25) is 0 Å². The number of nitrogens with zero attached hydrogens (tertiary/aromatic N) is 1. The summed E-state index contributed by atoms with van der Waals surface area (Å²) in [5.74, 6) is 1.10. The molecule has 1 amide bonds. The van der Waals surface area contributed by atoms with Gasteiger partial charge in [0, 0.05) is 0 Å². The summed E-state index contributed by atoms with van der Waals surface area (Å²) in [5, 5.41) is 4.00. The smallest absolute Gasteiger partial charge is 0.244 e. The first kappa shape index (κ1) is 19.5. The standard InChI is InChI=1S/C21H26N2O3/c1-21(2,3)17-9-6-15(7-10-17)13-20(24)23-22-14-16-8-11-18(25-4)19(12-16)26-5/h6-12,14H,13H2,1-5H3,(H,23,24)/b22-14-. The number of hydrazone groups is 1. The van der Waals surface area contributed by atoms with Gasteiger partial charge in [0.05, 0.1) is 26.9 Å². The molecule has 1 N–H and O–H groups in total. The van der Waals surface area contributed by atoms with E-state index < -0.39 is 0 Å². The average Bonchev–Trinajstić information content (AvgIpc) is 2.61. The van der Waals surface area contributed by atoms with Gasteiger partial charge in [0.1, 0.15) is 0 Å². The molecule has 2 rings (SSSR count). The van der Waals surface area contributed by atoms with E-state index in [1.807, 2.05) is 18.2 Å². The van der Waals surface area contributed by atoms with Crippen LogP contribution < -0.4 is 14.9 Å². The van der Waals surface area contributed by atoms with Gasteiger partial charge in [-0.3, -0.25) is 4.79 Å². The number of ether oxygens (including phenoxy) is 2. The molecule has 0 fully saturated rings. The third-order valence-electron chi connectivity index (χ3n) is 4.00. The van der Waals surface area contributed by atoms with Crippen LogP contribution >= 0.6 is 0 Å². The molecule has 2 aromatic carbocycles. The lowest BCUT2D eigenvalue weighted by atomic mass is 9.86. The minimum absolute atomic E-state index is 0.102. The topological polar surface area (TPSA) is 59.9 Å². The fraction of sp³-hybridized carbons (Fsp3) is 0.333. The van der Waals surface area contributed by atoms with Crippen LogP contribution in [0.5, 0.6) is 11.5 Å². The number of carbonyl (C=O) groups excluding carboxylic acids is 1. The molecule has 5 heteroatoms. The zero-order valence-electron chi connectivity index (χ0n) is 16.0. The van der Waals surface area contributed by atoms with Crippen LogP contribution in [-0.4, -0.2) is 26.3 Å². The van der Waals surface area contributed by atoms with E-state index in [0.29, 0.717) is 11.5 Å². The van der Waals surface area contributed by atoms with E-state index in [-0.39, 0.29) is 17.7 Å². The summed E-state index contributed by atoms with van der Waals surface area (Å²) in [6, 6.07) is 13.5. The molecule has 0 radical (unpaired) electrons. The van der Waals surface area contributed by atoms with Crippen LogP contribution in [0.4, 0.5) is 0 Å². The zero-order valence-corrected chi connectivity index (χ0v) is 16.0. The maximum absolute atomic E-state index is 12.0. The lowest BCUT2D eigenvalue weighted by molar-refractivity contribution is -0.120. The summed E-state index contributed by atoms with van der Waals surface area (Å²) in [7, 11) is 3.16. The molecule has 138 valence electrons. The number of benzene rings is 2. The van der Waals surface area contributed by atoms with Gasteiger partial charge in [0.2, 0.25) is 5.91 Å². The van der Waals surface area contributed by atoms with Crippen LogP contribution in [0.3, 0.4) is 0 Å². The van der Waals surface area contributed by atoms with Gasteiger partial charge in [0.15, 0.2) is 11.5 Å². The summed E-state index contributed by atoms with van der Waals surface area (Å²) in [4.78, 5) is 12.0. The van der Waals surface area contributed by atoms with Crippen molar-refractivity contribution in [2.45, 2.75) is 32.6 Å². The maximum Gasteiger partial charge on any atom is 0.244 e. The summed E-state index contributed by atoms with van der Waals surface area (Å²) in [6.45, 7) is 6.49. The maximum atomic E-state index is 12.0. The molecule has 2 aromatic rings. The fourth-order valence-electron chi connectivity index (χ4n) is 2.46. The first-order valence-electron chi connectivity index (χ1n) is 8.47. The Morgan fingerprint density at radius 2 is 1.69 bits per heavy atom. The second-order valence-electron chi connectivity index (χ2n) is 7.03. The monoisotopic (exact) mass is 354 g/mol. The largest absolute Gasteiger partial charge is 0.493 e. The van der Waals surface area contributed by atoms with Crippen molar-refractivity contribution < 1.29 is 14.3 Å². The van der Waals surface area contributed by atoms with Gasteiger partial charge in [-0.05, 0) is 40.3 Å². The molecular weight excluding hydrogens is 328 g/mol. The molecule has 0 saturated carbocycles. The van der Waals surface area contributed by atoms with E-state index in [0.717, 1.165) is 11.1 Å². The Morgan fingerprint density at radius 1 is 1.04 bits per heavy atom. The molecule has 0 aliphatic heterocycles. The predicted octanol–water partition coefficient (Wildman–Crippen LogP) is 3.69. The number of methoxy groups -OCH3 is 2. The van der Waals surface area contributed by atoms with Crippen LogP contribution in [0, 0.1) is 0 Å². The van der Waals surface area contributed by atoms with Crippen molar-refractivity contribution in [2.24, 2.45) is 5.10 Å². The van der Waals surface area contributed by atoms with Crippen molar-refractivity contribution in [2.75, 3.05) is 14.2 Å². The van der Waals surface area contributed by atoms with Gasteiger partial charge in [-0.1, -0.05) is 45.0 Å². The van der Waals surface area contributed by atoms with E-state index in [4.69, 9.17) is 9.47 Å². The second-order valence-corrected chi connectivity index (χ2v) is 7.03. The number of hydrogen-bond acceptors (Lipinski definition) is 4. The number of nitrogens with one attached hydrogen (secondary N) is 1. The van der Waals surface area contributed by atoms with Gasteiger partial charge in [-0.2, -0.15) is 5.10 Å². The lowest BCUT2D eigenvalue weighted by Crippen LogP contribution is -2.20.